The summed E-state index contributed by atoms with van der Waals surface area (Å²) in [7, 11) is 0. The molecule has 0 radical (unpaired) electrons. The van der Waals surface area contributed by atoms with Gasteiger partial charge < -0.3 is 11.1 Å². The molecule has 112 valence electrons. The van der Waals surface area contributed by atoms with Crippen LogP contribution in [-0.4, -0.2) is 0 Å². The minimum atomic E-state index is 0.532. The first-order chi connectivity index (χ1) is 11.3. The van der Waals surface area contributed by atoms with E-state index in [2.05, 4.69) is 29.6 Å². The summed E-state index contributed by atoms with van der Waals surface area (Å²) in [4.78, 5) is 2.26. The van der Waals surface area contributed by atoms with Gasteiger partial charge in [-0.15, -0.1) is 0 Å². The second-order valence-corrected chi connectivity index (χ2v) is 6.07. The predicted molar refractivity (Wildman–Crippen MR) is 95.9 cm³/mol. The Morgan fingerprint density at radius 1 is 0.870 bits per heavy atom. The Balaban J connectivity index is 1.91. The standard InChI is InChI=1S/C19H15N3S/c20-13-14-12-15(21)10-11-17(14)22-18-8-4-5-9-19(18)23-16-6-2-1-3-7-16/h1-12,22H,21H2. The van der Waals surface area contributed by atoms with Gasteiger partial charge in [0.1, 0.15) is 6.07 Å². The average Bonchev–Trinajstić information content (AvgIpc) is 2.59. The lowest BCUT2D eigenvalue weighted by Gasteiger charge is -2.13. The molecule has 0 spiro atoms. The Bertz CT molecular complexity index is 854. The third kappa shape index (κ3) is 3.65. The van der Waals surface area contributed by atoms with Crippen molar-refractivity contribution in [2.75, 3.05) is 11.1 Å². The number of anilines is 3. The van der Waals surface area contributed by atoms with E-state index in [1.165, 1.54) is 4.90 Å². The summed E-state index contributed by atoms with van der Waals surface area (Å²) in [6, 6.07) is 25.7. The van der Waals surface area contributed by atoms with E-state index in [0.29, 0.717) is 11.3 Å². The third-order valence-corrected chi connectivity index (χ3v) is 4.38. The van der Waals surface area contributed by atoms with Gasteiger partial charge in [0, 0.05) is 15.5 Å². The van der Waals surface area contributed by atoms with Gasteiger partial charge in [0.15, 0.2) is 0 Å². The van der Waals surface area contributed by atoms with E-state index in [1.807, 2.05) is 42.5 Å². The largest absolute Gasteiger partial charge is 0.399 e. The molecule has 3 nitrogen and oxygen atoms in total. The third-order valence-electron chi connectivity index (χ3n) is 3.29. The van der Waals surface area contributed by atoms with Gasteiger partial charge in [0.05, 0.1) is 16.9 Å². The molecule has 23 heavy (non-hydrogen) atoms. The molecule has 0 aliphatic carbocycles. The highest BCUT2D eigenvalue weighted by Gasteiger charge is 2.07. The summed E-state index contributed by atoms with van der Waals surface area (Å²) in [6.07, 6.45) is 0. The number of hydrogen-bond acceptors (Lipinski definition) is 4. The van der Waals surface area contributed by atoms with Crippen molar-refractivity contribution in [3.63, 3.8) is 0 Å². The van der Waals surface area contributed by atoms with Crippen molar-refractivity contribution < 1.29 is 0 Å². The van der Waals surface area contributed by atoms with Gasteiger partial charge >= 0.3 is 0 Å². The van der Waals surface area contributed by atoms with Crippen molar-refractivity contribution in [2.45, 2.75) is 9.79 Å². The zero-order valence-electron chi connectivity index (χ0n) is 12.4. The fraction of sp³-hybridized carbons (Fsp3) is 0. The predicted octanol–water partition coefficient (Wildman–Crippen LogP) is 5.04. The molecule has 3 aromatic rings. The number of rotatable bonds is 4. The van der Waals surface area contributed by atoms with Crippen LogP contribution in [0.5, 0.6) is 0 Å². The number of nitrogens with two attached hydrogens (primary N) is 1. The minimum absolute atomic E-state index is 0.532. The van der Waals surface area contributed by atoms with Gasteiger partial charge in [0.25, 0.3) is 0 Å². The molecule has 0 aromatic heterocycles. The molecule has 0 bridgehead atoms. The number of nitrogens with one attached hydrogen (secondary N) is 1. The smallest absolute Gasteiger partial charge is 0.101 e. The Morgan fingerprint density at radius 2 is 1.61 bits per heavy atom. The number of nitrogens with zero attached hydrogens (tertiary/aromatic N) is 1. The van der Waals surface area contributed by atoms with Crippen molar-refractivity contribution in [3.05, 3.63) is 78.4 Å². The number of para-hydroxylation sites is 1. The molecule has 0 amide bonds. The molecule has 0 fully saturated rings. The Morgan fingerprint density at radius 3 is 2.39 bits per heavy atom. The number of benzene rings is 3. The fourth-order valence-corrected chi connectivity index (χ4v) is 3.11. The number of nitriles is 1. The van der Waals surface area contributed by atoms with Crippen LogP contribution in [0.1, 0.15) is 5.56 Å². The summed E-state index contributed by atoms with van der Waals surface area (Å²) >= 11 is 1.68. The average molecular weight is 317 g/mol. The van der Waals surface area contributed by atoms with Crippen molar-refractivity contribution in [1.29, 1.82) is 5.26 Å². The van der Waals surface area contributed by atoms with Crippen molar-refractivity contribution >= 4 is 28.8 Å². The maximum atomic E-state index is 9.27. The van der Waals surface area contributed by atoms with Gasteiger partial charge in [0.2, 0.25) is 0 Å². The van der Waals surface area contributed by atoms with Gasteiger partial charge in [-0.2, -0.15) is 5.26 Å². The van der Waals surface area contributed by atoms with E-state index in [1.54, 1.807) is 23.9 Å². The SMILES string of the molecule is N#Cc1cc(N)ccc1Nc1ccccc1Sc1ccccc1. The van der Waals surface area contributed by atoms with E-state index >= 15 is 0 Å². The van der Waals surface area contributed by atoms with Crippen LogP contribution in [-0.2, 0) is 0 Å². The van der Waals surface area contributed by atoms with Gasteiger partial charge in [-0.25, -0.2) is 0 Å². The lowest BCUT2D eigenvalue weighted by molar-refractivity contribution is 1.38. The van der Waals surface area contributed by atoms with Crippen LogP contribution in [0.4, 0.5) is 17.1 Å². The molecule has 0 atom stereocenters. The summed E-state index contributed by atoms with van der Waals surface area (Å²) in [5.74, 6) is 0. The summed E-state index contributed by atoms with van der Waals surface area (Å²) in [6.45, 7) is 0. The van der Waals surface area contributed by atoms with Crippen LogP contribution >= 0.6 is 11.8 Å². The molecule has 0 aliphatic rings. The second-order valence-electron chi connectivity index (χ2n) is 4.95. The molecule has 3 rings (SSSR count). The molecule has 0 saturated heterocycles. The van der Waals surface area contributed by atoms with Gasteiger partial charge in [-0.3, -0.25) is 0 Å². The normalized spacial score (nSPS) is 10.0. The van der Waals surface area contributed by atoms with E-state index in [-0.39, 0.29) is 0 Å². The van der Waals surface area contributed by atoms with E-state index in [0.717, 1.165) is 16.3 Å². The highest BCUT2D eigenvalue weighted by Crippen LogP contribution is 2.35. The van der Waals surface area contributed by atoms with E-state index < -0.39 is 0 Å². The molecule has 0 saturated carbocycles. The maximum absolute atomic E-state index is 9.27. The Hall–Kier alpha value is -2.90. The lowest BCUT2D eigenvalue weighted by Crippen LogP contribution is -1.96. The van der Waals surface area contributed by atoms with E-state index in [4.69, 9.17) is 5.73 Å². The number of nitrogen functional groups attached to an aromatic ring is 1. The maximum Gasteiger partial charge on any atom is 0.101 e. The molecule has 3 aromatic carbocycles. The Kier molecular flexibility index (Phi) is 4.51. The van der Waals surface area contributed by atoms with Gasteiger partial charge in [-0.1, -0.05) is 42.1 Å². The number of hydrogen-bond donors (Lipinski definition) is 2. The highest BCUT2D eigenvalue weighted by molar-refractivity contribution is 7.99. The Labute approximate surface area is 139 Å². The van der Waals surface area contributed by atoms with Gasteiger partial charge in [-0.05, 0) is 42.5 Å². The topological polar surface area (TPSA) is 61.8 Å². The fourth-order valence-electron chi connectivity index (χ4n) is 2.18. The van der Waals surface area contributed by atoms with Crippen LogP contribution in [0.15, 0.2) is 82.6 Å². The molecule has 0 aliphatic heterocycles. The second kappa shape index (κ2) is 6.91. The highest BCUT2D eigenvalue weighted by atomic mass is 32.2. The van der Waals surface area contributed by atoms with Crippen LogP contribution in [0.25, 0.3) is 0 Å². The van der Waals surface area contributed by atoms with Crippen molar-refractivity contribution in [3.8, 4) is 6.07 Å². The summed E-state index contributed by atoms with van der Waals surface area (Å²) < 4.78 is 0. The zero-order chi connectivity index (χ0) is 16.1. The zero-order valence-corrected chi connectivity index (χ0v) is 13.2. The molecule has 4 heteroatoms. The molecule has 0 unspecified atom stereocenters. The first-order valence-corrected chi connectivity index (χ1v) is 7.96. The van der Waals surface area contributed by atoms with Crippen LogP contribution in [0, 0.1) is 11.3 Å². The van der Waals surface area contributed by atoms with Crippen LogP contribution in [0.2, 0.25) is 0 Å². The molecular formula is C19H15N3S. The van der Waals surface area contributed by atoms with Crippen molar-refractivity contribution in [2.24, 2.45) is 0 Å². The minimum Gasteiger partial charge on any atom is -0.399 e. The molecule has 3 N–H and O–H groups in total. The first-order valence-electron chi connectivity index (χ1n) is 7.15. The van der Waals surface area contributed by atoms with Crippen LogP contribution < -0.4 is 11.1 Å². The quantitative estimate of drug-likeness (QED) is 0.662. The van der Waals surface area contributed by atoms with Crippen LogP contribution in [0.3, 0.4) is 0 Å². The lowest BCUT2D eigenvalue weighted by atomic mass is 10.1. The monoisotopic (exact) mass is 317 g/mol. The first kappa shape index (κ1) is 15.0. The van der Waals surface area contributed by atoms with E-state index in [9.17, 15) is 5.26 Å². The summed E-state index contributed by atoms with van der Waals surface area (Å²) in [5, 5.41) is 12.6. The molecular weight excluding hydrogens is 302 g/mol. The molecule has 0 heterocycles. The summed E-state index contributed by atoms with van der Waals surface area (Å²) in [5.41, 5.74) is 8.57. The van der Waals surface area contributed by atoms with Crippen molar-refractivity contribution in [1.82, 2.24) is 0 Å².